The van der Waals surface area contributed by atoms with Gasteiger partial charge in [-0.3, -0.25) is 19.9 Å². The average molecular weight is 444 g/mol. The van der Waals surface area contributed by atoms with Crippen LogP contribution in [-0.4, -0.2) is 65.4 Å². The molecule has 2 rings (SSSR count). The molecule has 12 nitrogen and oxygen atoms in total. The van der Waals surface area contributed by atoms with Crippen LogP contribution in [0.1, 0.15) is 31.7 Å². The number of aliphatic carboxylic acids is 1. The predicted molar refractivity (Wildman–Crippen MR) is 115 cm³/mol. The van der Waals surface area contributed by atoms with Crippen LogP contribution in [0.4, 0.5) is 5.69 Å². The molecule has 1 amide bonds. The number of carbonyl (C=O) groups is 2. The summed E-state index contributed by atoms with van der Waals surface area (Å²) in [5.74, 6) is -2.03. The number of carboxylic acids is 1. The molecule has 32 heavy (non-hydrogen) atoms. The van der Waals surface area contributed by atoms with E-state index in [-0.39, 0.29) is 36.7 Å². The van der Waals surface area contributed by atoms with E-state index in [0.29, 0.717) is 30.7 Å². The lowest BCUT2D eigenvalue weighted by Crippen LogP contribution is -2.48. The van der Waals surface area contributed by atoms with Crippen LogP contribution in [0.5, 0.6) is 0 Å². The van der Waals surface area contributed by atoms with E-state index in [1.165, 1.54) is 29.2 Å². The SMILES string of the molecule is CCC1=NC(COCCN=[N+]=[N-])=C(C(=O)O)C(c2ccc([N+](=O)[O-])cc2)C1N(C=O)CC. The summed E-state index contributed by atoms with van der Waals surface area (Å²) in [5.41, 5.74) is 9.47. The highest BCUT2D eigenvalue weighted by Crippen LogP contribution is 2.38. The fourth-order valence-electron chi connectivity index (χ4n) is 3.68. The molecule has 170 valence electrons. The maximum Gasteiger partial charge on any atom is 0.334 e. The Kier molecular flexibility index (Phi) is 8.87. The number of carbonyl (C=O) groups excluding carboxylic acids is 1. The van der Waals surface area contributed by atoms with Crippen LogP contribution in [0.2, 0.25) is 0 Å². The van der Waals surface area contributed by atoms with Crippen molar-refractivity contribution in [3.63, 3.8) is 0 Å². The van der Waals surface area contributed by atoms with E-state index in [9.17, 15) is 24.8 Å². The number of nitro groups is 1. The quantitative estimate of drug-likeness (QED) is 0.0987. The summed E-state index contributed by atoms with van der Waals surface area (Å²) in [6, 6.07) is 4.93. The summed E-state index contributed by atoms with van der Waals surface area (Å²) in [6.45, 7) is 3.98. The van der Waals surface area contributed by atoms with Gasteiger partial charge in [0.25, 0.3) is 5.69 Å². The summed E-state index contributed by atoms with van der Waals surface area (Å²) in [5, 5.41) is 24.5. The zero-order chi connectivity index (χ0) is 23.7. The topological polar surface area (TPSA) is 171 Å². The second kappa shape index (κ2) is 11.6. The molecule has 2 atom stereocenters. The largest absolute Gasteiger partial charge is 0.478 e. The Bertz CT molecular complexity index is 967. The molecule has 0 saturated heterocycles. The number of likely N-dealkylation sites (N-methyl/N-ethyl adjacent to an activating group) is 1. The number of aliphatic imine (C=N–C) groups is 1. The Hall–Kier alpha value is -3.76. The molecule has 0 aromatic heterocycles. The number of hydrogen-bond donors (Lipinski definition) is 1. The van der Waals surface area contributed by atoms with Crippen LogP contribution in [-0.2, 0) is 14.3 Å². The standard InChI is InChI=1S/C20H24N6O6/c1-3-15-19(25(4-2)12-27)17(13-5-7-14(8-6-13)26(30)31)18(20(28)29)16(23-15)11-32-10-9-22-24-21/h5-8,12,17,19H,3-4,9-11H2,1-2H3,(H,28,29). The highest BCUT2D eigenvalue weighted by molar-refractivity contribution is 6.00. The van der Waals surface area contributed by atoms with Gasteiger partial charge >= 0.3 is 5.97 Å². The van der Waals surface area contributed by atoms with Gasteiger partial charge in [-0.05, 0) is 24.4 Å². The normalized spacial score (nSPS) is 17.9. The number of nitrogens with zero attached hydrogens (tertiary/aromatic N) is 6. The van der Waals surface area contributed by atoms with Gasteiger partial charge in [-0.15, -0.1) is 0 Å². The number of benzene rings is 1. The Morgan fingerprint density at radius 1 is 1.41 bits per heavy atom. The molecule has 0 bridgehead atoms. The first-order valence-electron chi connectivity index (χ1n) is 9.97. The first kappa shape index (κ1) is 24.5. The van der Waals surface area contributed by atoms with Crippen LogP contribution in [0.15, 0.2) is 45.6 Å². The zero-order valence-corrected chi connectivity index (χ0v) is 17.7. The Morgan fingerprint density at radius 2 is 2.09 bits per heavy atom. The molecule has 1 N–H and O–H groups in total. The maximum absolute atomic E-state index is 12.3. The first-order valence-corrected chi connectivity index (χ1v) is 9.97. The van der Waals surface area contributed by atoms with Crippen LogP contribution < -0.4 is 0 Å². The Labute approximate surface area is 184 Å². The first-order chi connectivity index (χ1) is 15.4. The van der Waals surface area contributed by atoms with Gasteiger partial charge in [-0.1, -0.05) is 24.2 Å². The molecule has 0 saturated carbocycles. The van der Waals surface area contributed by atoms with Gasteiger partial charge in [0.1, 0.15) is 0 Å². The molecule has 1 aliphatic rings. The predicted octanol–water partition coefficient (Wildman–Crippen LogP) is 3.06. The van der Waals surface area contributed by atoms with Crippen LogP contribution in [0.3, 0.4) is 0 Å². The fourth-order valence-corrected chi connectivity index (χ4v) is 3.68. The van der Waals surface area contributed by atoms with E-state index in [4.69, 9.17) is 10.3 Å². The van der Waals surface area contributed by atoms with Crippen molar-refractivity contribution in [2.24, 2.45) is 10.1 Å². The van der Waals surface area contributed by atoms with Crippen molar-refractivity contribution in [1.82, 2.24) is 4.90 Å². The molecule has 0 spiro atoms. The maximum atomic E-state index is 12.3. The third-order valence-corrected chi connectivity index (χ3v) is 5.11. The van der Waals surface area contributed by atoms with Gasteiger partial charge < -0.3 is 14.7 Å². The molecule has 12 heteroatoms. The molecule has 1 heterocycles. The lowest BCUT2D eigenvalue weighted by atomic mass is 9.78. The van der Waals surface area contributed by atoms with Crippen LogP contribution in [0, 0.1) is 10.1 Å². The average Bonchev–Trinajstić information content (AvgIpc) is 2.79. The minimum absolute atomic E-state index is 0.0508. The number of carboxylic acid groups (broad SMARTS) is 1. The van der Waals surface area contributed by atoms with E-state index < -0.39 is 22.9 Å². The third-order valence-electron chi connectivity index (χ3n) is 5.11. The van der Waals surface area contributed by atoms with Gasteiger partial charge in [0.15, 0.2) is 0 Å². The summed E-state index contributed by atoms with van der Waals surface area (Å²) in [7, 11) is 0. The summed E-state index contributed by atoms with van der Waals surface area (Å²) >= 11 is 0. The van der Waals surface area contributed by atoms with Gasteiger partial charge in [0.2, 0.25) is 6.41 Å². The molecule has 0 radical (unpaired) electrons. The van der Waals surface area contributed by atoms with E-state index in [1.54, 1.807) is 6.92 Å². The number of rotatable bonds is 12. The van der Waals surface area contributed by atoms with Crippen molar-refractivity contribution in [3.05, 3.63) is 61.7 Å². The number of non-ortho nitro benzene ring substituents is 1. The molecular weight excluding hydrogens is 420 g/mol. The van der Waals surface area contributed by atoms with Crippen molar-refractivity contribution >= 4 is 23.8 Å². The summed E-state index contributed by atoms with van der Waals surface area (Å²) in [4.78, 5) is 43.3. The lowest BCUT2D eigenvalue weighted by molar-refractivity contribution is -0.384. The van der Waals surface area contributed by atoms with E-state index in [2.05, 4.69) is 15.0 Å². The minimum atomic E-state index is -1.23. The van der Waals surface area contributed by atoms with E-state index in [0.717, 1.165) is 0 Å². The number of ether oxygens (including phenoxy) is 1. The summed E-state index contributed by atoms with van der Waals surface area (Å²) in [6.07, 6.45) is 1.10. The number of azide groups is 1. The Balaban J connectivity index is 2.61. The van der Waals surface area contributed by atoms with Gasteiger partial charge in [0, 0.05) is 41.8 Å². The van der Waals surface area contributed by atoms with Crippen molar-refractivity contribution in [1.29, 1.82) is 0 Å². The fraction of sp³-hybridized carbons (Fsp3) is 0.450. The van der Waals surface area contributed by atoms with Crippen molar-refractivity contribution < 1.29 is 24.4 Å². The number of hydrogen-bond acceptors (Lipinski definition) is 7. The smallest absolute Gasteiger partial charge is 0.334 e. The second-order valence-electron chi connectivity index (χ2n) is 6.84. The monoisotopic (exact) mass is 444 g/mol. The van der Waals surface area contributed by atoms with Crippen molar-refractivity contribution in [2.75, 3.05) is 26.3 Å². The molecule has 0 fully saturated rings. The van der Waals surface area contributed by atoms with Gasteiger partial charge in [0.05, 0.1) is 35.4 Å². The zero-order valence-electron chi connectivity index (χ0n) is 17.7. The summed E-state index contributed by atoms with van der Waals surface area (Å²) < 4.78 is 5.47. The van der Waals surface area contributed by atoms with Crippen LogP contribution >= 0.6 is 0 Å². The number of nitro benzene ring substituents is 1. The van der Waals surface area contributed by atoms with Gasteiger partial charge in [-0.2, -0.15) is 0 Å². The molecule has 0 aliphatic carbocycles. The third kappa shape index (κ3) is 5.48. The molecule has 1 aromatic rings. The van der Waals surface area contributed by atoms with E-state index >= 15 is 0 Å². The minimum Gasteiger partial charge on any atom is -0.478 e. The molecule has 1 aliphatic heterocycles. The highest BCUT2D eigenvalue weighted by atomic mass is 16.6. The molecule has 2 unspecified atom stereocenters. The second-order valence-corrected chi connectivity index (χ2v) is 6.84. The van der Waals surface area contributed by atoms with Crippen LogP contribution in [0.25, 0.3) is 10.4 Å². The highest BCUT2D eigenvalue weighted by Gasteiger charge is 2.41. The number of amides is 1. The van der Waals surface area contributed by atoms with Gasteiger partial charge in [-0.25, -0.2) is 4.79 Å². The van der Waals surface area contributed by atoms with Crippen molar-refractivity contribution in [3.8, 4) is 0 Å². The molecular formula is C20H24N6O6. The Morgan fingerprint density at radius 3 is 2.59 bits per heavy atom. The lowest BCUT2D eigenvalue weighted by Gasteiger charge is -2.39. The van der Waals surface area contributed by atoms with Crippen molar-refractivity contribution in [2.45, 2.75) is 32.2 Å². The molecule has 1 aromatic carbocycles. The van der Waals surface area contributed by atoms with E-state index in [1.807, 2.05) is 6.92 Å².